The number of nitrogens with one attached hydrogen (secondary N) is 1. The average Bonchev–Trinajstić information content (AvgIpc) is 3.08. The van der Waals surface area contributed by atoms with Crippen molar-refractivity contribution in [2.45, 2.75) is 12.8 Å². The van der Waals surface area contributed by atoms with E-state index in [1.54, 1.807) is 47.4 Å². The summed E-state index contributed by atoms with van der Waals surface area (Å²) < 4.78 is 18.5. The van der Waals surface area contributed by atoms with Gasteiger partial charge in [-0.05, 0) is 30.2 Å². The van der Waals surface area contributed by atoms with Gasteiger partial charge in [-0.1, -0.05) is 30.3 Å². The third kappa shape index (κ3) is 4.36. The average molecular weight is 384 g/mol. The minimum atomic E-state index is -0.551. The number of hydrogen-bond donors (Lipinski definition) is 1. The number of amides is 2. The van der Waals surface area contributed by atoms with E-state index in [1.807, 2.05) is 0 Å². The van der Waals surface area contributed by atoms with Crippen LogP contribution in [-0.4, -0.2) is 42.9 Å². The largest absolute Gasteiger partial charge is 0.465 e. The number of hydrogen-bond acceptors (Lipinski definition) is 4. The second kappa shape index (κ2) is 8.65. The molecular formula is C21H21FN2O4. The summed E-state index contributed by atoms with van der Waals surface area (Å²) in [6.45, 7) is 0.613. The summed E-state index contributed by atoms with van der Waals surface area (Å²) in [5.74, 6) is -1.86. The molecular weight excluding hydrogens is 363 g/mol. The van der Waals surface area contributed by atoms with Gasteiger partial charge in [0.15, 0.2) is 0 Å². The molecule has 2 amide bonds. The van der Waals surface area contributed by atoms with Crippen LogP contribution in [0.1, 0.15) is 22.3 Å². The van der Waals surface area contributed by atoms with E-state index in [0.717, 1.165) is 0 Å². The van der Waals surface area contributed by atoms with Crippen molar-refractivity contribution in [3.8, 4) is 0 Å². The normalized spacial score (nSPS) is 16.1. The van der Waals surface area contributed by atoms with Crippen LogP contribution in [-0.2, 0) is 20.7 Å². The van der Waals surface area contributed by atoms with Gasteiger partial charge < -0.3 is 15.0 Å². The van der Waals surface area contributed by atoms with Gasteiger partial charge in [0.1, 0.15) is 5.82 Å². The number of carbonyl (C=O) groups excluding carboxylic acids is 3. The van der Waals surface area contributed by atoms with Crippen molar-refractivity contribution < 1.29 is 23.5 Å². The molecule has 1 aliphatic rings. The van der Waals surface area contributed by atoms with Crippen molar-refractivity contribution in [1.29, 1.82) is 0 Å². The predicted molar refractivity (Wildman–Crippen MR) is 101 cm³/mol. The van der Waals surface area contributed by atoms with Gasteiger partial charge in [-0.15, -0.1) is 0 Å². The molecule has 3 rings (SSSR count). The fourth-order valence-corrected chi connectivity index (χ4v) is 3.24. The van der Waals surface area contributed by atoms with E-state index in [0.29, 0.717) is 24.2 Å². The first kappa shape index (κ1) is 19.5. The summed E-state index contributed by atoms with van der Waals surface area (Å²) in [4.78, 5) is 38.2. The molecule has 1 fully saturated rings. The molecule has 0 spiro atoms. The van der Waals surface area contributed by atoms with Crippen molar-refractivity contribution in [2.24, 2.45) is 5.92 Å². The Kier molecular flexibility index (Phi) is 6.03. The van der Waals surface area contributed by atoms with E-state index in [2.05, 4.69) is 5.32 Å². The number of ether oxygens (including phenoxy) is 1. The Labute approximate surface area is 162 Å². The Morgan fingerprint density at radius 1 is 1.18 bits per heavy atom. The van der Waals surface area contributed by atoms with Crippen LogP contribution >= 0.6 is 0 Å². The van der Waals surface area contributed by atoms with Gasteiger partial charge in [0.25, 0.3) is 0 Å². The lowest BCUT2D eigenvalue weighted by Gasteiger charge is -2.17. The van der Waals surface area contributed by atoms with Gasteiger partial charge >= 0.3 is 5.97 Å². The second-order valence-corrected chi connectivity index (χ2v) is 6.61. The Morgan fingerprint density at radius 2 is 1.89 bits per heavy atom. The summed E-state index contributed by atoms with van der Waals surface area (Å²) >= 11 is 0. The lowest BCUT2D eigenvalue weighted by molar-refractivity contribution is -0.128. The molecule has 1 heterocycles. The van der Waals surface area contributed by atoms with Gasteiger partial charge in [0, 0.05) is 19.5 Å². The molecule has 28 heavy (non-hydrogen) atoms. The van der Waals surface area contributed by atoms with Crippen molar-refractivity contribution in [3.63, 3.8) is 0 Å². The Morgan fingerprint density at radius 3 is 2.64 bits per heavy atom. The maximum atomic E-state index is 13.7. The highest BCUT2D eigenvalue weighted by atomic mass is 19.1. The van der Waals surface area contributed by atoms with Crippen LogP contribution in [0.15, 0.2) is 48.5 Å². The molecule has 0 saturated carbocycles. The number of nitrogens with zero attached hydrogens (tertiary/aromatic N) is 1. The molecule has 1 N–H and O–H groups in total. The summed E-state index contributed by atoms with van der Waals surface area (Å²) in [5, 5.41) is 2.71. The topological polar surface area (TPSA) is 75.7 Å². The van der Waals surface area contributed by atoms with Crippen LogP contribution < -0.4 is 5.32 Å². The zero-order valence-corrected chi connectivity index (χ0v) is 15.5. The number of para-hydroxylation sites is 1. The summed E-state index contributed by atoms with van der Waals surface area (Å²) in [7, 11) is 1.27. The molecule has 2 aromatic rings. The molecule has 0 radical (unpaired) electrons. The standard InChI is InChI=1S/C21H21FN2O4/c1-28-21(27)16-7-3-5-9-18(16)23-20(26)15-12-19(25)24(13-15)11-10-14-6-2-4-8-17(14)22/h2-9,15H,10-13H2,1H3,(H,23,26). The summed E-state index contributed by atoms with van der Waals surface area (Å²) in [6.07, 6.45) is 0.474. The molecule has 1 atom stereocenters. The first-order valence-electron chi connectivity index (χ1n) is 8.99. The lowest BCUT2D eigenvalue weighted by Crippen LogP contribution is -2.30. The first-order chi connectivity index (χ1) is 13.5. The smallest absolute Gasteiger partial charge is 0.339 e. The second-order valence-electron chi connectivity index (χ2n) is 6.61. The van der Waals surface area contributed by atoms with Gasteiger partial charge in [0.2, 0.25) is 11.8 Å². The van der Waals surface area contributed by atoms with Gasteiger partial charge in [-0.3, -0.25) is 9.59 Å². The summed E-state index contributed by atoms with van der Waals surface area (Å²) in [6, 6.07) is 13.0. The molecule has 1 aliphatic heterocycles. The van der Waals surface area contributed by atoms with E-state index in [-0.39, 0.29) is 36.2 Å². The predicted octanol–water partition coefficient (Wildman–Crippen LogP) is 2.64. The molecule has 2 aromatic carbocycles. The van der Waals surface area contributed by atoms with E-state index in [4.69, 9.17) is 4.74 Å². The van der Waals surface area contributed by atoms with Crippen LogP contribution in [0.4, 0.5) is 10.1 Å². The zero-order valence-electron chi connectivity index (χ0n) is 15.5. The van der Waals surface area contributed by atoms with E-state index < -0.39 is 11.9 Å². The Hall–Kier alpha value is -3.22. The molecule has 6 nitrogen and oxygen atoms in total. The maximum absolute atomic E-state index is 13.7. The number of rotatable bonds is 6. The fraction of sp³-hybridized carbons (Fsp3) is 0.286. The van der Waals surface area contributed by atoms with Crippen LogP contribution in [0.25, 0.3) is 0 Å². The zero-order chi connectivity index (χ0) is 20.1. The number of methoxy groups -OCH3 is 1. The highest BCUT2D eigenvalue weighted by molar-refractivity contribution is 6.03. The third-order valence-corrected chi connectivity index (χ3v) is 4.78. The quantitative estimate of drug-likeness (QED) is 0.777. The monoisotopic (exact) mass is 384 g/mol. The lowest BCUT2D eigenvalue weighted by atomic mass is 10.1. The Bertz CT molecular complexity index is 899. The summed E-state index contributed by atoms with van der Waals surface area (Å²) in [5.41, 5.74) is 1.13. The minimum absolute atomic E-state index is 0.0868. The van der Waals surface area contributed by atoms with E-state index >= 15 is 0 Å². The van der Waals surface area contributed by atoms with Crippen molar-refractivity contribution >= 4 is 23.5 Å². The van der Waals surface area contributed by atoms with Crippen molar-refractivity contribution in [2.75, 3.05) is 25.5 Å². The van der Waals surface area contributed by atoms with Crippen molar-refractivity contribution in [1.82, 2.24) is 4.90 Å². The number of esters is 1. The van der Waals surface area contributed by atoms with Crippen LogP contribution in [0.3, 0.4) is 0 Å². The molecule has 146 valence electrons. The van der Waals surface area contributed by atoms with E-state index in [1.165, 1.54) is 13.2 Å². The third-order valence-electron chi connectivity index (χ3n) is 4.78. The molecule has 0 aromatic heterocycles. The molecule has 7 heteroatoms. The van der Waals surface area contributed by atoms with Gasteiger partial charge in [-0.25, -0.2) is 9.18 Å². The number of likely N-dealkylation sites (tertiary alicyclic amines) is 1. The van der Waals surface area contributed by atoms with Crippen LogP contribution in [0.2, 0.25) is 0 Å². The molecule has 0 bridgehead atoms. The van der Waals surface area contributed by atoms with Crippen LogP contribution in [0.5, 0.6) is 0 Å². The number of halogens is 1. The number of benzene rings is 2. The number of carbonyl (C=O) groups is 3. The van der Waals surface area contributed by atoms with Gasteiger partial charge in [0.05, 0.1) is 24.3 Å². The Balaban J connectivity index is 1.61. The SMILES string of the molecule is COC(=O)c1ccccc1NC(=O)C1CC(=O)N(CCc2ccccc2F)C1. The van der Waals surface area contributed by atoms with Crippen molar-refractivity contribution in [3.05, 3.63) is 65.5 Å². The first-order valence-corrected chi connectivity index (χ1v) is 8.99. The number of anilines is 1. The minimum Gasteiger partial charge on any atom is -0.465 e. The van der Waals surface area contributed by atoms with Gasteiger partial charge in [-0.2, -0.15) is 0 Å². The molecule has 1 unspecified atom stereocenters. The van der Waals surface area contributed by atoms with E-state index in [9.17, 15) is 18.8 Å². The van der Waals surface area contributed by atoms with Crippen LogP contribution in [0, 0.1) is 11.7 Å². The highest BCUT2D eigenvalue weighted by Crippen LogP contribution is 2.22. The fourth-order valence-electron chi connectivity index (χ4n) is 3.24. The molecule has 0 aliphatic carbocycles. The maximum Gasteiger partial charge on any atom is 0.339 e. The highest BCUT2D eigenvalue weighted by Gasteiger charge is 2.34. The molecule has 1 saturated heterocycles.